The van der Waals surface area contributed by atoms with Gasteiger partial charge in [-0.05, 0) is 43.5 Å². The molecule has 1 amide bonds. The third kappa shape index (κ3) is 5.56. The van der Waals surface area contributed by atoms with Crippen LogP contribution in [0.1, 0.15) is 36.3 Å². The number of nitrogens with zero attached hydrogens (tertiary/aromatic N) is 5. The number of fused-ring (bicyclic) bond motifs is 1. The largest absolute Gasteiger partial charge is 0.388 e. The second-order valence-corrected chi connectivity index (χ2v) is 11.6. The average molecular weight is 558 g/mol. The number of piperidine rings is 2. The molecule has 6 rings (SSSR count). The summed E-state index contributed by atoms with van der Waals surface area (Å²) in [4.78, 5) is 35.4. The highest BCUT2D eigenvalue weighted by molar-refractivity contribution is 5.80. The Morgan fingerprint density at radius 2 is 1.78 bits per heavy atom. The van der Waals surface area contributed by atoms with Gasteiger partial charge < -0.3 is 14.6 Å². The minimum atomic E-state index is -1.09. The van der Waals surface area contributed by atoms with Crippen LogP contribution in [0.25, 0.3) is 11.0 Å². The van der Waals surface area contributed by atoms with Crippen LogP contribution >= 0.6 is 0 Å². The van der Waals surface area contributed by atoms with Gasteiger partial charge in [0, 0.05) is 56.8 Å². The Labute approximate surface area is 238 Å². The van der Waals surface area contributed by atoms with Crippen molar-refractivity contribution in [2.45, 2.75) is 43.9 Å². The first-order valence-electron chi connectivity index (χ1n) is 14.3. The molecule has 2 unspecified atom stereocenters. The maximum atomic E-state index is 14.4. The van der Waals surface area contributed by atoms with Crippen molar-refractivity contribution in [3.05, 3.63) is 100 Å². The van der Waals surface area contributed by atoms with Gasteiger partial charge in [0.1, 0.15) is 17.8 Å². The smallest absolute Gasteiger partial charge is 0.262 e. The SMILES string of the molecule is Cn1ccc2c(=O)n(CC3(O)CCN(C(=O)C4CCN(Cc5ccccc5F)CC4c4ccccc4)CC3)cnc21. The minimum absolute atomic E-state index is 0.00714. The number of aliphatic hydroxyl groups is 1. The van der Waals surface area contributed by atoms with Crippen LogP contribution in [-0.4, -0.2) is 66.7 Å². The zero-order valence-corrected chi connectivity index (χ0v) is 23.3. The lowest BCUT2D eigenvalue weighted by molar-refractivity contribution is -0.142. The van der Waals surface area contributed by atoms with E-state index >= 15 is 0 Å². The Kier molecular flexibility index (Phi) is 7.48. The van der Waals surface area contributed by atoms with Gasteiger partial charge in [-0.2, -0.15) is 0 Å². The number of hydrogen-bond donors (Lipinski definition) is 1. The molecule has 0 aliphatic carbocycles. The quantitative estimate of drug-likeness (QED) is 0.392. The number of rotatable bonds is 6. The molecule has 9 heteroatoms. The molecule has 0 radical (unpaired) electrons. The number of hydrogen-bond acceptors (Lipinski definition) is 5. The summed E-state index contributed by atoms with van der Waals surface area (Å²) in [7, 11) is 1.84. The van der Waals surface area contributed by atoms with Crippen molar-refractivity contribution >= 4 is 16.9 Å². The van der Waals surface area contributed by atoms with Crippen molar-refractivity contribution in [3.8, 4) is 0 Å². The third-order valence-electron chi connectivity index (χ3n) is 8.91. The van der Waals surface area contributed by atoms with E-state index in [2.05, 4.69) is 22.0 Å². The Morgan fingerprint density at radius 3 is 2.54 bits per heavy atom. The van der Waals surface area contributed by atoms with Crippen molar-refractivity contribution in [2.24, 2.45) is 13.0 Å². The summed E-state index contributed by atoms with van der Waals surface area (Å²) < 4.78 is 17.7. The van der Waals surface area contributed by atoms with E-state index in [1.165, 1.54) is 17.0 Å². The number of benzene rings is 2. The molecule has 2 saturated heterocycles. The van der Waals surface area contributed by atoms with Crippen LogP contribution in [0.5, 0.6) is 0 Å². The fourth-order valence-corrected chi connectivity index (χ4v) is 6.51. The Morgan fingerprint density at radius 1 is 1.05 bits per heavy atom. The summed E-state index contributed by atoms with van der Waals surface area (Å²) in [6.07, 6.45) is 4.77. The molecule has 8 nitrogen and oxygen atoms in total. The predicted molar refractivity (Wildman–Crippen MR) is 155 cm³/mol. The van der Waals surface area contributed by atoms with E-state index in [4.69, 9.17) is 0 Å². The summed E-state index contributed by atoms with van der Waals surface area (Å²) >= 11 is 0. The van der Waals surface area contributed by atoms with E-state index in [0.29, 0.717) is 68.6 Å². The van der Waals surface area contributed by atoms with E-state index in [1.54, 1.807) is 22.9 Å². The summed E-state index contributed by atoms with van der Waals surface area (Å²) in [5.41, 5.74) is 1.13. The molecule has 0 spiro atoms. The molecule has 2 aliphatic heterocycles. The average Bonchev–Trinajstić information content (AvgIpc) is 3.37. The van der Waals surface area contributed by atoms with Crippen LogP contribution in [0.2, 0.25) is 0 Å². The zero-order valence-electron chi connectivity index (χ0n) is 23.3. The highest BCUT2D eigenvalue weighted by atomic mass is 19.1. The molecule has 0 saturated carbocycles. The summed E-state index contributed by atoms with van der Waals surface area (Å²) in [6.45, 7) is 2.90. The molecule has 1 N–H and O–H groups in total. The first-order chi connectivity index (χ1) is 19.8. The molecule has 4 heterocycles. The number of aryl methyl sites for hydroxylation is 1. The molecule has 214 valence electrons. The number of carbonyl (C=O) groups is 1. The molecule has 2 aliphatic rings. The molecule has 2 atom stereocenters. The van der Waals surface area contributed by atoms with Crippen molar-refractivity contribution in [1.82, 2.24) is 23.9 Å². The molecular formula is C32H36FN5O3. The van der Waals surface area contributed by atoms with Gasteiger partial charge in [-0.25, -0.2) is 9.37 Å². The minimum Gasteiger partial charge on any atom is -0.388 e. The number of carbonyl (C=O) groups excluding carboxylic acids is 1. The van der Waals surface area contributed by atoms with Gasteiger partial charge in [0.15, 0.2) is 0 Å². The van der Waals surface area contributed by atoms with E-state index in [-0.39, 0.29) is 35.7 Å². The number of halogens is 1. The lowest BCUT2D eigenvalue weighted by Crippen LogP contribution is -2.53. The molecule has 2 aromatic heterocycles. The first kappa shape index (κ1) is 27.4. The molecule has 4 aromatic rings. The van der Waals surface area contributed by atoms with Crippen molar-refractivity contribution in [2.75, 3.05) is 26.2 Å². The molecule has 2 fully saturated rings. The van der Waals surface area contributed by atoms with Gasteiger partial charge in [0.25, 0.3) is 5.56 Å². The van der Waals surface area contributed by atoms with Crippen LogP contribution in [0.15, 0.2) is 78.0 Å². The van der Waals surface area contributed by atoms with Gasteiger partial charge >= 0.3 is 0 Å². The molecule has 2 aromatic carbocycles. The van der Waals surface area contributed by atoms with E-state index in [0.717, 1.165) is 5.56 Å². The standard InChI is InChI=1S/C32H36FN5O3/c1-35-15-11-26-29(35)34-22-38(31(26)40)21-32(41)13-17-37(18-14-32)30(39)25-12-16-36(19-24-9-5-6-10-28(24)33)20-27(25)23-7-3-2-4-8-23/h2-11,15,22,25,27,41H,12-14,16-21H2,1H3. The van der Waals surface area contributed by atoms with Crippen molar-refractivity contribution in [3.63, 3.8) is 0 Å². The third-order valence-corrected chi connectivity index (χ3v) is 8.91. The van der Waals surface area contributed by atoms with Crippen molar-refractivity contribution in [1.29, 1.82) is 0 Å². The van der Waals surface area contributed by atoms with Gasteiger partial charge in [-0.1, -0.05) is 48.5 Å². The maximum Gasteiger partial charge on any atom is 0.262 e. The van der Waals surface area contributed by atoms with Crippen LogP contribution in [0.4, 0.5) is 4.39 Å². The summed E-state index contributed by atoms with van der Waals surface area (Å²) in [5.74, 6) is -0.291. The summed E-state index contributed by atoms with van der Waals surface area (Å²) in [6, 6.07) is 18.7. The topological polar surface area (TPSA) is 83.6 Å². The highest BCUT2D eigenvalue weighted by Gasteiger charge is 2.41. The van der Waals surface area contributed by atoms with Gasteiger partial charge in [0.2, 0.25) is 5.91 Å². The fraction of sp³-hybridized carbons (Fsp3) is 0.406. The lowest BCUT2D eigenvalue weighted by Gasteiger charge is -2.43. The predicted octanol–water partition coefficient (Wildman–Crippen LogP) is 3.53. The Bertz CT molecular complexity index is 1590. The van der Waals surface area contributed by atoms with Gasteiger partial charge in [0.05, 0.1) is 17.5 Å². The van der Waals surface area contributed by atoms with E-state index < -0.39 is 5.60 Å². The van der Waals surface area contributed by atoms with E-state index in [9.17, 15) is 19.1 Å². The Balaban J connectivity index is 1.14. The second kappa shape index (κ2) is 11.2. The highest BCUT2D eigenvalue weighted by Crippen LogP contribution is 2.36. The summed E-state index contributed by atoms with van der Waals surface area (Å²) in [5, 5.41) is 11.9. The van der Waals surface area contributed by atoms with Crippen LogP contribution in [0.3, 0.4) is 0 Å². The van der Waals surface area contributed by atoms with Crippen LogP contribution in [0, 0.1) is 11.7 Å². The zero-order chi connectivity index (χ0) is 28.6. The van der Waals surface area contributed by atoms with Gasteiger partial charge in [-0.3, -0.25) is 19.1 Å². The van der Waals surface area contributed by atoms with Crippen LogP contribution < -0.4 is 5.56 Å². The molecule has 41 heavy (non-hydrogen) atoms. The van der Waals surface area contributed by atoms with Gasteiger partial charge in [-0.15, -0.1) is 0 Å². The number of amides is 1. The monoisotopic (exact) mass is 557 g/mol. The Hall–Kier alpha value is -3.82. The normalized spacial score (nSPS) is 21.3. The molecule has 0 bridgehead atoms. The fourth-order valence-electron chi connectivity index (χ4n) is 6.51. The maximum absolute atomic E-state index is 14.4. The van der Waals surface area contributed by atoms with Crippen molar-refractivity contribution < 1.29 is 14.3 Å². The first-order valence-corrected chi connectivity index (χ1v) is 14.3. The molecular weight excluding hydrogens is 521 g/mol. The number of likely N-dealkylation sites (tertiary alicyclic amines) is 2. The number of aromatic nitrogens is 3. The van der Waals surface area contributed by atoms with Crippen LogP contribution in [-0.2, 0) is 24.9 Å². The lowest BCUT2D eigenvalue weighted by atomic mass is 9.79. The second-order valence-electron chi connectivity index (χ2n) is 11.6. The van der Waals surface area contributed by atoms with E-state index in [1.807, 2.05) is 42.3 Å².